The van der Waals surface area contributed by atoms with Crippen molar-refractivity contribution in [3.05, 3.63) is 82.7 Å². The predicted molar refractivity (Wildman–Crippen MR) is 120 cm³/mol. The number of aryl methyl sites for hydroxylation is 2. The predicted octanol–water partition coefficient (Wildman–Crippen LogP) is 6.47. The Morgan fingerprint density at radius 1 is 0.893 bits per heavy atom. The van der Waals surface area contributed by atoms with Gasteiger partial charge in [-0.05, 0) is 49.6 Å². The van der Waals surface area contributed by atoms with Gasteiger partial charge in [0.2, 0.25) is 0 Å². The number of benzene rings is 2. The summed E-state index contributed by atoms with van der Waals surface area (Å²) in [6, 6.07) is 16.9. The quantitative estimate of drug-likeness (QED) is 0.373. The lowest BCUT2D eigenvalue weighted by Crippen LogP contribution is -1.97. The molecule has 0 aliphatic rings. The van der Waals surface area contributed by atoms with Gasteiger partial charge in [-0.2, -0.15) is 0 Å². The molecule has 1 N–H and O–H groups in total. The van der Waals surface area contributed by atoms with E-state index in [2.05, 4.69) is 61.1 Å². The summed E-state index contributed by atoms with van der Waals surface area (Å²) in [5.41, 5.74) is 8.38. The SMILES string of the molecule is Cc1ccc(CSc2c(C)cnc(CSc3nc4ccccc4[nH]3)c2C)cc1. The van der Waals surface area contributed by atoms with E-state index in [1.165, 1.54) is 27.1 Å². The van der Waals surface area contributed by atoms with Crippen LogP contribution in [0.5, 0.6) is 0 Å². The van der Waals surface area contributed by atoms with Crippen molar-refractivity contribution in [1.82, 2.24) is 15.0 Å². The number of hydrogen-bond acceptors (Lipinski definition) is 4. The van der Waals surface area contributed by atoms with Gasteiger partial charge in [-0.3, -0.25) is 4.98 Å². The van der Waals surface area contributed by atoms with Crippen LogP contribution < -0.4 is 0 Å². The van der Waals surface area contributed by atoms with Crippen LogP contribution >= 0.6 is 23.5 Å². The van der Waals surface area contributed by atoms with Gasteiger partial charge in [-0.15, -0.1) is 11.8 Å². The summed E-state index contributed by atoms with van der Waals surface area (Å²) in [5, 5.41) is 0.942. The molecule has 28 heavy (non-hydrogen) atoms. The number of thioether (sulfide) groups is 2. The van der Waals surface area contributed by atoms with Crippen LogP contribution in [0.3, 0.4) is 0 Å². The van der Waals surface area contributed by atoms with Crippen LogP contribution in [0.2, 0.25) is 0 Å². The molecular weight excluding hydrogens is 382 g/mol. The molecule has 0 atom stereocenters. The summed E-state index contributed by atoms with van der Waals surface area (Å²) >= 11 is 3.61. The number of pyridine rings is 1. The normalized spacial score (nSPS) is 11.2. The lowest BCUT2D eigenvalue weighted by molar-refractivity contribution is 1.03. The number of imidazole rings is 1. The van der Waals surface area contributed by atoms with Crippen LogP contribution in [0.25, 0.3) is 11.0 Å². The zero-order valence-corrected chi connectivity index (χ0v) is 18.0. The first kappa shape index (κ1) is 19.1. The van der Waals surface area contributed by atoms with E-state index in [1.807, 2.05) is 36.2 Å². The average molecular weight is 406 g/mol. The monoisotopic (exact) mass is 405 g/mol. The maximum atomic E-state index is 4.70. The first-order valence-electron chi connectivity index (χ1n) is 9.31. The van der Waals surface area contributed by atoms with Crippen LogP contribution in [0, 0.1) is 20.8 Å². The minimum Gasteiger partial charge on any atom is -0.333 e. The van der Waals surface area contributed by atoms with E-state index in [0.717, 1.165) is 33.4 Å². The van der Waals surface area contributed by atoms with Crippen molar-refractivity contribution in [2.24, 2.45) is 0 Å². The Morgan fingerprint density at radius 3 is 2.46 bits per heavy atom. The lowest BCUT2D eigenvalue weighted by atomic mass is 10.2. The van der Waals surface area contributed by atoms with Crippen molar-refractivity contribution in [2.45, 2.75) is 42.3 Å². The van der Waals surface area contributed by atoms with Gasteiger partial charge in [-0.1, -0.05) is 53.7 Å². The van der Waals surface area contributed by atoms with Gasteiger partial charge in [-0.25, -0.2) is 4.98 Å². The van der Waals surface area contributed by atoms with Gasteiger partial charge in [0.05, 0.1) is 16.7 Å². The largest absolute Gasteiger partial charge is 0.333 e. The highest BCUT2D eigenvalue weighted by atomic mass is 32.2. The molecule has 0 saturated carbocycles. The Bertz CT molecular complexity index is 1070. The molecule has 0 fully saturated rings. The fraction of sp³-hybridized carbons (Fsp3) is 0.217. The highest BCUT2D eigenvalue weighted by Crippen LogP contribution is 2.32. The Kier molecular flexibility index (Phi) is 5.74. The zero-order chi connectivity index (χ0) is 19.5. The molecule has 142 valence electrons. The van der Waals surface area contributed by atoms with Gasteiger partial charge in [0.15, 0.2) is 5.16 Å². The number of aromatic nitrogens is 3. The maximum absolute atomic E-state index is 4.70. The van der Waals surface area contributed by atoms with E-state index in [1.54, 1.807) is 11.8 Å². The molecule has 4 rings (SSSR count). The third-order valence-corrected chi connectivity index (χ3v) is 7.04. The lowest BCUT2D eigenvalue weighted by Gasteiger charge is -2.13. The molecule has 0 amide bonds. The Morgan fingerprint density at radius 2 is 1.68 bits per heavy atom. The summed E-state index contributed by atoms with van der Waals surface area (Å²) in [4.78, 5) is 14.1. The Labute approximate surface area is 174 Å². The first-order valence-corrected chi connectivity index (χ1v) is 11.3. The van der Waals surface area contributed by atoms with E-state index in [9.17, 15) is 0 Å². The fourth-order valence-corrected chi connectivity index (χ4v) is 5.13. The van der Waals surface area contributed by atoms with Crippen LogP contribution in [-0.2, 0) is 11.5 Å². The van der Waals surface area contributed by atoms with E-state index in [0.29, 0.717) is 0 Å². The number of para-hydroxylation sites is 2. The van der Waals surface area contributed by atoms with Gasteiger partial charge < -0.3 is 4.98 Å². The van der Waals surface area contributed by atoms with Crippen LogP contribution in [0.4, 0.5) is 0 Å². The molecule has 0 spiro atoms. The number of H-pyrrole nitrogens is 1. The van der Waals surface area contributed by atoms with Gasteiger partial charge in [0, 0.05) is 22.6 Å². The highest BCUT2D eigenvalue weighted by molar-refractivity contribution is 7.98. The molecule has 2 aromatic carbocycles. The van der Waals surface area contributed by atoms with Gasteiger partial charge >= 0.3 is 0 Å². The van der Waals surface area contributed by atoms with Gasteiger partial charge in [0.25, 0.3) is 0 Å². The van der Waals surface area contributed by atoms with E-state index in [4.69, 9.17) is 4.98 Å². The van der Waals surface area contributed by atoms with Crippen molar-refractivity contribution in [2.75, 3.05) is 0 Å². The molecule has 0 radical (unpaired) electrons. The van der Waals surface area contributed by atoms with Crippen LogP contribution in [0.15, 0.2) is 64.8 Å². The maximum Gasteiger partial charge on any atom is 0.166 e. The van der Waals surface area contributed by atoms with Gasteiger partial charge in [0.1, 0.15) is 0 Å². The standard InChI is InChI=1S/C23H23N3S2/c1-15-8-10-18(11-9-15)13-27-22-16(2)12-24-21(17(22)3)14-28-23-25-19-6-4-5-7-20(19)26-23/h4-12H,13-14H2,1-3H3,(H,25,26). The Balaban J connectivity index is 1.48. The number of nitrogens with zero attached hydrogens (tertiary/aromatic N) is 2. The number of rotatable bonds is 6. The van der Waals surface area contributed by atoms with E-state index in [-0.39, 0.29) is 0 Å². The van der Waals surface area contributed by atoms with Crippen molar-refractivity contribution >= 4 is 34.6 Å². The third kappa shape index (κ3) is 4.26. The smallest absolute Gasteiger partial charge is 0.166 e. The molecular formula is C23H23N3S2. The molecule has 3 nitrogen and oxygen atoms in total. The minimum absolute atomic E-state index is 0.810. The van der Waals surface area contributed by atoms with E-state index < -0.39 is 0 Å². The first-order chi connectivity index (χ1) is 13.6. The average Bonchev–Trinajstić information content (AvgIpc) is 3.11. The van der Waals surface area contributed by atoms with Crippen molar-refractivity contribution in [1.29, 1.82) is 0 Å². The molecule has 0 aliphatic heterocycles. The second-order valence-corrected chi connectivity index (χ2v) is 8.91. The molecule has 0 bridgehead atoms. The molecule has 0 saturated heterocycles. The summed E-state index contributed by atoms with van der Waals surface area (Å²) in [6.45, 7) is 6.46. The summed E-state index contributed by atoms with van der Waals surface area (Å²) < 4.78 is 0. The second-order valence-electron chi connectivity index (χ2n) is 6.96. The molecule has 2 aromatic heterocycles. The molecule has 2 heterocycles. The number of fused-ring (bicyclic) bond motifs is 1. The van der Waals surface area contributed by atoms with Crippen molar-refractivity contribution < 1.29 is 0 Å². The topological polar surface area (TPSA) is 41.6 Å². The summed E-state index contributed by atoms with van der Waals surface area (Å²) in [5.74, 6) is 1.78. The van der Waals surface area contributed by atoms with Crippen LogP contribution in [0.1, 0.15) is 27.9 Å². The number of nitrogens with one attached hydrogen (secondary N) is 1. The van der Waals surface area contributed by atoms with E-state index >= 15 is 0 Å². The fourth-order valence-electron chi connectivity index (χ4n) is 3.10. The Hall–Kier alpha value is -2.24. The van der Waals surface area contributed by atoms with Crippen molar-refractivity contribution in [3.8, 4) is 0 Å². The summed E-state index contributed by atoms with van der Waals surface area (Å²) in [7, 11) is 0. The number of aromatic amines is 1. The second kappa shape index (κ2) is 8.41. The highest BCUT2D eigenvalue weighted by Gasteiger charge is 2.12. The molecule has 4 aromatic rings. The van der Waals surface area contributed by atoms with Crippen molar-refractivity contribution in [3.63, 3.8) is 0 Å². The molecule has 0 aliphatic carbocycles. The third-order valence-electron chi connectivity index (χ3n) is 4.76. The molecule has 0 unspecified atom stereocenters. The zero-order valence-electron chi connectivity index (χ0n) is 16.3. The summed E-state index contributed by atoms with van der Waals surface area (Å²) in [6.07, 6.45) is 2.00. The van der Waals surface area contributed by atoms with Crippen LogP contribution in [-0.4, -0.2) is 15.0 Å². The number of hydrogen-bond donors (Lipinski definition) is 1. The molecule has 5 heteroatoms. The minimum atomic E-state index is 0.810.